The van der Waals surface area contributed by atoms with Crippen molar-refractivity contribution in [1.29, 1.82) is 0 Å². The summed E-state index contributed by atoms with van der Waals surface area (Å²) in [4.78, 5) is 37.6. The van der Waals surface area contributed by atoms with Gasteiger partial charge in [0.25, 0.3) is 5.56 Å². The molecule has 1 aromatic heterocycles. The number of pyridine rings is 1. The maximum atomic E-state index is 12.5. The van der Waals surface area contributed by atoms with Crippen molar-refractivity contribution < 1.29 is 9.59 Å². The van der Waals surface area contributed by atoms with Crippen LogP contribution in [0.15, 0.2) is 23.1 Å². The van der Waals surface area contributed by atoms with Gasteiger partial charge in [-0.25, -0.2) is 0 Å². The van der Waals surface area contributed by atoms with Crippen molar-refractivity contribution in [2.75, 3.05) is 18.8 Å². The van der Waals surface area contributed by atoms with E-state index in [-0.39, 0.29) is 35.9 Å². The Hall–Kier alpha value is -2.31. The van der Waals surface area contributed by atoms with Crippen LogP contribution in [0.3, 0.4) is 0 Å². The Balaban J connectivity index is 1.77. The number of hydrogen-bond acceptors (Lipinski definition) is 4. The number of nitrogens with zero attached hydrogens (tertiary/aromatic N) is 2. The van der Waals surface area contributed by atoms with Crippen molar-refractivity contribution in [2.45, 2.75) is 25.4 Å². The number of nitrogens with two attached hydrogens (primary N) is 1. The number of anilines is 1. The van der Waals surface area contributed by atoms with Crippen LogP contribution in [0.1, 0.15) is 12.8 Å². The topological polar surface area (TPSA) is 97.4 Å². The molecule has 0 spiro atoms. The van der Waals surface area contributed by atoms with Crippen LogP contribution in [0.25, 0.3) is 0 Å². The van der Waals surface area contributed by atoms with Gasteiger partial charge >= 0.3 is 0 Å². The number of nitrogens with one attached hydrogen (secondary N) is 1. The first-order valence-electron chi connectivity index (χ1n) is 7.09. The lowest BCUT2D eigenvalue weighted by atomic mass is 9.91. The Labute approximate surface area is 121 Å². The van der Waals surface area contributed by atoms with E-state index in [0.29, 0.717) is 18.8 Å². The van der Waals surface area contributed by atoms with Gasteiger partial charge < -0.3 is 20.5 Å². The maximum absolute atomic E-state index is 12.5. The van der Waals surface area contributed by atoms with Gasteiger partial charge in [0.1, 0.15) is 6.54 Å². The van der Waals surface area contributed by atoms with Gasteiger partial charge in [-0.15, -0.1) is 0 Å². The Morgan fingerprint density at radius 3 is 3.00 bits per heavy atom. The SMILES string of the molecule is Nc1ccc(=O)n(CC(=O)N2CCCC3C(=O)NCC32)c1. The second kappa shape index (κ2) is 5.23. The summed E-state index contributed by atoms with van der Waals surface area (Å²) in [5, 5.41) is 2.81. The van der Waals surface area contributed by atoms with Gasteiger partial charge in [-0.1, -0.05) is 0 Å². The lowest BCUT2D eigenvalue weighted by Crippen LogP contribution is -2.50. The molecular weight excluding hydrogens is 272 g/mol. The van der Waals surface area contributed by atoms with Crippen molar-refractivity contribution in [1.82, 2.24) is 14.8 Å². The number of amides is 2. The van der Waals surface area contributed by atoms with E-state index in [9.17, 15) is 14.4 Å². The summed E-state index contributed by atoms with van der Waals surface area (Å²) in [5.74, 6) is -0.229. The molecule has 0 bridgehead atoms. The number of piperidine rings is 1. The lowest BCUT2D eigenvalue weighted by molar-refractivity contribution is -0.137. The van der Waals surface area contributed by atoms with Crippen molar-refractivity contribution in [3.8, 4) is 0 Å². The normalized spacial score (nSPS) is 24.6. The molecule has 2 aliphatic heterocycles. The van der Waals surface area contributed by atoms with Gasteiger partial charge in [0.15, 0.2) is 0 Å². The number of nitrogen functional groups attached to an aromatic ring is 1. The van der Waals surface area contributed by atoms with Crippen LogP contribution in [0, 0.1) is 5.92 Å². The standard InChI is InChI=1S/C14H18N4O3/c15-9-3-4-12(19)17(7-9)8-13(20)18-5-1-2-10-11(18)6-16-14(10)21/h3-4,7,10-11H,1-2,5-6,8,15H2,(H,16,21). The summed E-state index contributed by atoms with van der Waals surface area (Å²) in [7, 11) is 0. The first-order chi connectivity index (χ1) is 10.1. The van der Waals surface area contributed by atoms with E-state index in [1.807, 2.05) is 0 Å². The average Bonchev–Trinajstić information content (AvgIpc) is 2.84. The number of hydrogen-bond donors (Lipinski definition) is 2. The van der Waals surface area contributed by atoms with Crippen LogP contribution in [0.2, 0.25) is 0 Å². The Bertz CT molecular complexity index is 639. The smallest absolute Gasteiger partial charge is 0.251 e. The van der Waals surface area contributed by atoms with E-state index in [1.165, 1.54) is 22.9 Å². The molecule has 2 saturated heterocycles. The fourth-order valence-electron chi connectivity index (χ4n) is 3.17. The molecule has 3 rings (SSSR count). The summed E-state index contributed by atoms with van der Waals surface area (Å²) >= 11 is 0. The monoisotopic (exact) mass is 290 g/mol. The van der Waals surface area contributed by atoms with Crippen molar-refractivity contribution in [3.05, 3.63) is 28.7 Å². The van der Waals surface area contributed by atoms with Crippen molar-refractivity contribution >= 4 is 17.5 Å². The molecule has 112 valence electrons. The van der Waals surface area contributed by atoms with E-state index in [2.05, 4.69) is 5.32 Å². The van der Waals surface area contributed by atoms with Crippen molar-refractivity contribution in [2.24, 2.45) is 5.92 Å². The average molecular weight is 290 g/mol. The van der Waals surface area contributed by atoms with Crippen LogP contribution in [-0.2, 0) is 16.1 Å². The molecule has 0 aromatic carbocycles. The van der Waals surface area contributed by atoms with Crippen LogP contribution in [0.5, 0.6) is 0 Å². The summed E-state index contributed by atoms with van der Waals surface area (Å²) < 4.78 is 1.31. The summed E-state index contributed by atoms with van der Waals surface area (Å²) in [6.45, 7) is 1.09. The summed E-state index contributed by atoms with van der Waals surface area (Å²) in [6.07, 6.45) is 3.10. The van der Waals surface area contributed by atoms with Gasteiger partial charge in [0, 0.05) is 31.0 Å². The zero-order valence-corrected chi connectivity index (χ0v) is 11.6. The molecule has 2 atom stereocenters. The second-order valence-corrected chi connectivity index (χ2v) is 5.58. The number of fused-ring (bicyclic) bond motifs is 1. The fourth-order valence-corrected chi connectivity index (χ4v) is 3.17. The highest BCUT2D eigenvalue weighted by molar-refractivity contribution is 5.84. The predicted octanol–water partition coefficient (Wildman–Crippen LogP) is -0.832. The van der Waals surface area contributed by atoms with E-state index in [4.69, 9.17) is 5.73 Å². The first-order valence-corrected chi connectivity index (χ1v) is 7.09. The van der Waals surface area contributed by atoms with Gasteiger partial charge in [-0.05, 0) is 18.9 Å². The third-order valence-corrected chi connectivity index (χ3v) is 4.23. The molecule has 7 heteroatoms. The molecule has 2 amide bonds. The summed E-state index contributed by atoms with van der Waals surface area (Å²) in [5.41, 5.74) is 5.83. The minimum atomic E-state index is -0.258. The molecule has 2 unspecified atom stereocenters. The Morgan fingerprint density at radius 1 is 1.38 bits per heavy atom. The summed E-state index contributed by atoms with van der Waals surface area (Å²) in [6, 6.07) is 2.78. The number of rotatable bonds is 2. The molecule has 0 radical (unpaired) electrons. The third kappa shape index (κ3) is 2.51. The predicted molar refractivity (Wildman–Crippen MR) is 76.3 cm³/mol. The zero-order valence-electron chi connectivity index (χ0n) is 11.6. The molecule has 0 aliphatic carbocycles. The number of likely N-dealkylation sites (tertiary alicyclic amines) is 1. The number of carbonyl (C=O) groups is 2. The Kier molecular flexibility index (Phi) is 3.40. The molecule has 0 saturated carbocycles. The number of aromatic nitrogens is 1. The van der Waals surface area contributed by atoms with E-state index in [1.54, 1.807) is 4.90 Å². The minimum Gasteiger partial charge on any atom is -0.398 e. The quantitative estimate of drug-likeness (QED) is 0.742. The van der Waals surface area contributed by atoms with Gasteiger partial charge in [0.2, 0.25) is 11.8 Å². The van der Waals surface area contributed by atoms with Crippen LogP contribution in [0.4, 0.5) is 5.69 Å². The largest absolute Gasteiger partial charge is 0.398 e. The third-order valence-electron chi connectivity index (χ3n) is 4.23. The molecular formula is C14H18N4O3. The van der Waals surface area contributed by atoms with Crippen LogP contribution >= 0.6 is 0 Å². The molecule has 2 aliphatic rings. The first kappa shape index (κ1) is 13.7. The lowest BCUT2D eigenvalue weighted by Gasteiger charge is -2.36. The van der Waals surface area contributed by atoms with Gasteiger partial charge in [-0.2, -0.15) is 0 Å². The zero-order chi connectivity index (χ0) is 15.0. The van der Waals surface area contributed by atoms with E-state index < -0.39 is 0 Å². The molecule has 21 heavy (non-hydrogen) atoms. The molecule has 2 fully saturated rings. The minimum absolute atomic E-state index is 0.0265. The highest BCUT2D eigenvalue weighted by atomic mass is 16.2. The van der Waals surface area contributed by atoms with Gasteiger partial charge in [-0.3, -0.25) is 14.4 Å². The van der Waals surface area contributed by atoms with Crippen molar-refractivity contribution in [3.63, 3.8) is 0 Å². The van der Waals surface area contributed by atoms with E-state index in [0.717, 1.165) is 12.8 Å². The van der Waals surface area contributed by atoms with Crippen LogP contribution < -0.4 is 16.6 Å². The second-order valence-electron chi connectivity index (χ2n) is 5.58. The molecule has 7 nitrogen and oxygen atoms in total. The van der Waals surface area contributed by atoms with Crippen LogP contribution in [-0.4, -0.2) is 40.4 Å². The maximum Gasteiger partial charge on any atom is 0.251 e. The Morgan fingerprint density at radius 2 is 2.19 bits per heavy atom. The molecule has 3 N–H and O–H groups in total. The van der Waals surface area contributed by atoms with E-state index >= 15 is 0 Å². The molecule has 3 heterocycles. The highest BCUT2D eigenvalue weighted by Gasteiger charge is 2.42. The fraction of sp³-hybridized carbons (Fsp3) is 0.500. The number of carbonyl (C=O) groups excluding carboxylic acids is 2. The molecule has 1 aromatic rings. The van der Waals surface area contributed by atoms with Gasteiger partial charge in [0.05, 0.1) is 12.0 Å². The highest BCUT2D eigenvalue weighted by Crippen LogP contribution is 2.27.